The van der Waals surface area contributed by atoms with Crippen LogP contribution in [0.1, 0.15) is 11.1 Å². The summed E-state index contributed by atoms with van der Waals surface area (Å²) >= 11 is 0. The van der Waals surface area contributed by atoms with Gasteiger partial charge in [0.25, 0.3) is 0 Å². The third-order valence-corrected chi connectivity index (χ3v) is 2.98. The van der Waals surface area contributed by atoms with Crippen molar-refractivity contribution in [3.8, 4) is 0 Å². The predicted octanol–water partition coefficient (Wildman–Crippen LogP) is 1.71. The van der Waals surface area contributed by atoms with Gasteiger partial charge in [0.1, 0.15) is 0 Å². The maximum Gasteiger partial charge on any atom is 0.0590 e. The Morgan fingerprint density at radius 2 is 2.14 bits per heavy atom. The van der Waals surface area contributed by atoms with Gasteiger partial charge in [-0.2, -0.15) is 0 Å². The molecular weight excluding hydrogens is 172 g/mol. The molecular formula is C12H18N2. The van der Waals surface area contributed by atoms with Crippen LogP contribution in [0.15, 0.2) is 18.2 Å². The van der Waals surface area contributed by atoms with Crippen LogP contribution in [0.25, 0.3) is 0 Å². The van der Waals surface area contributed by atoms with Gasteiger partial charge in [-0.15, -0.1) is 0 Å². The molecule has 0 aromatic heterocycles. The molecule has 1 unspecified atom stereocenters. The zero-order valence-corrected chi connectivity index (χ0v) is 9.17. The first-order chi connectivity index (χ1) is 6.72. The normalized spacial score (nSPS) is 19.9. The van der Waals surface area contributed by atoms with E-state index in [9.17, 15) is 0 Å². The minimum Gasteiger partial charge on any atom is -0.363 e. The fourth-order valence-electron chi connectivity index (χ4n) is 1.81. The monoisotopic (exact) mass is 190 g/mol. The van der Waals surface area contributed by atoms with Gasteiger partial charge in [0.15, 0.2) is 0 Å². The number of benzene rings is 1. The summed E-state index contributed by atoms with van der Waals surface area (Å²) in [5.74, 6) is 0. The second kappa shape index (κ2) is 3.62. The van der Waals surface area contributed by atoms with E-state index in [2.05, 4.69) is 42.3 Å². The topological polar surface area (TPSA) is 15.0 Å². The summed E-state index contributed by atoms with van der Waals surface area (Å²) in [6, 6.07) is 7.42. The number of hydrogen-bond acceptors (Lipinski definition) is 2. The van der Waals surface area contributed by atoms with Gasteiger partial charge >= 0.3 is 0 Å². The lowest BCUT2D eigenvalue weighted by Gasteiger charge is -2.08. The summed E-state index contributed by atoms with van der Waals surface area (Å²) in [6.07, 6.45) is 0. The van der Waals surface area contributed by atoms with Crippen LogP contribution in [0, 0.1) is 13.8 Å². The van der Waals surface area contributed by atoms with Gasteiger partial charge in [0.2, 0.25) is 0 Å². The maximum absolute atomic E-state index is 3.21. The molecule has 0 amide bonds. The Labute approximate surface area is 85.9 Å². The molecule has 1 aliphatic heterocycles. The van der Waals surface area contributed by atoms with E-state index < -0.39 is 0 Å². The lowest BCUT2D eigenvalue weighted by molar-refractivity contribution is 0.791. The second-order valence-corrected chi connectivity index (χ2v) is 4.13. The number of nitrogens with one attached hydrogen (secondary N) is 1. The summed E-state index contributed by atoms with van der Waals surface area (Å²) < 4.78 is 0. The van der Waals surface area contributed by atoms with Crippen molar-refractivity contribution < 1.29 is 0 Å². The van der Waals surface area contributed by atoms with Crippen LogP contribution < -0.4 is 10.2 Å². The Morgan fingerprint density at radius 1 is 1.36 bits per heavy atom. The fourth-order valence-corrected chi connectivity index (χ4v) is 1.81. The van der Waals surface area contributed by atoms with Gasteiger partial charge in [-0.3, -0.25) is 0 Å². The van der Waals surface area contributed by atoms with E-state index in [-0.39, 0.29) is 0 Å². The molecule has 2 heteroatoms. The number of aryl methyl sites for hydroxylation is 2. The Balaban J connectivity index is 2.08. The first-order valence-electron chi connectivity index (χ1n) is 5.21. The van der Waals surface area contributed by atoms with E-state index in [1.165, 1.54) is 23.4 Å². The van der Waals surface area contributed by atoms with Crippen molar-refractivity contribution in [3.63, 3.8) is 0 Å². The first kappa shape index (κ1) is 9.53. The molecule has 1 aliphatic rings. The van der Waals surface area contributed by atoms with Crippen molar-refractivity contribution in [2.45, 2.75) is 19.9 Å². The molecule has 1 fully saturated rings. The maximum atomic E-state index is 3.21. The van der Waals surface area contributed by atoms with Crippen molar-refractivity contribution in [2.24, 2.45) is 0 Å². The Morgan fingerprint density at radius 3 is 2.79 bits per heavy atom. The van der Waals surface area contributed by atoms with E-state index in [4.69, 9.17) is 0 Å². The van der Waals surface area contributed by atoms with Gasteiger partial charge < -0.3 is 10.2 Å². The van der Waals surface area contributed by atoms with Gasteiger partial charge in [0, 0.05) is 18.8 Å². The zero-order chi connectivity index (χ0) is 10.1. The lowest BCUT2D eigenvalue weighted by atomic mass is 10.1. The van der Waals surface area contributed by atoms with Crippen LogP contribution in [0.4, 0.5) is 5.69 Å². The molecule has 2 nitrogen and oxygen atoms in total. The van der Waals surface area contributed by atoms with Crippen molar-refractivity contribution in [1.82, 2.24) is 5.32 Å². The Hall–Kier alpha value is -1.02. The molecule has 1 atom stereocenters. The zero-order valence-electron chi connectivity index (χ0n) is 9.17. The molecule has 0 saturated carbocycles. The molecule has 0 radical (unpaired) electrons. The van der Waals surface area contributed by atoms with Gasteiger partial charge in [-0.05, 0) is 44.2 Å². The molecule has 0 bridgehead atoms. The summed E-state index contributed by atoms with van der Waals surface area (Å²) in [6.45, 7) is 6.62. The average Bonchev–Trinajstić information content (AvgIpc) is 2.90. The highest BCUT2D eigenvalue weighted by atomic mass is 15.3. The molecule has 76 valence electrons. The Kier molecular flexibility index (Phi) is 2.46. The van der Waals surface area contributed by atoms with E-state index in [0.717, 1.165) is 6.54 Å². The molecule has 1 N–H and O–H groups in total. The van der Waals surface area contributed by atoms with Crippen LogP contribution in [-0.2, 0) is 0 Å². The SMILES string of the molecule is CNCC1CN1c1ccc(C)c(C)c1. The highest BCUT2D eigenvalue weighted by Crippen LogP contribution is 2.28. The smallest absolute Gasteiger partial charge is 0.0590 e. The van der Waals surface area contributed by atoms with Crippen LogP contribution in [-0.4, -0.2) is 26.2 Å². The number of nitrogens with zero attached hydrogens (tertiary/aromatic N) is 1. The molecule has 1 aromatic rings. The molecule has 0 aliphatic carbocycles. The highest BCUT2D eigenvalue weighted by molar-refractivity contribution is 5.56. The molecule has 1 heterocycles. The van der Waals surface area contributed by atoms with Gasteiger partial charge in [0.05, 0.1) is 6.04 Å². The summed E-state index contributed by atoms with van der Waals surface area (Å²) in [4.78, 5) is 2.43. The lowest BCUT2D eigenvalue weighted by Crippen LogP contribution is -2.17. The largest absolute Gasteiger partial charge is 0.363 e. The second-order valence-electron chi connectivity index (χ2n) is 4.13. The first-order valence-corrected chi connectivity index (χ1v) is 5.21. The summed E-state index contributed by atoms with van der Waals surface area (Å²) in [7, 11) is 2.01. The number of likely N-dealkylation sites (N-methyl/N-ethyl adjacent to an activating group) is 1. The van der Waals surface area contributed by atoms with E-state index in [1.54, 1.807) is 0 Å². The van der Waals surface area contributed by atoms with Gasteiger partial charge in [-0.25, -0.2) is 0 Å². The van der Waals surface area contributed by atoms with Crippen molar-refractivity contribution in [1.29, 1.82) is 0 Å². The van der Waals surface area contributed by atoms with Crippen molar-refractivity contribution in [3.05, 3.63) is 29.3 Å². The third-order valence-electron chi connectivity index (χ3n) is 2.98. The van der Waals surface area contributed by atoms with E-state index in [1.807, 2.05) is 7.05 Å². The number of hydrogen-bond donors (Lipinski definition) is 1. The molecule has 1 aromatic carbocycles. The summed E-state index contributed by atoms with van der Waals surface area (Å²) in [5, 5.41) is 3.21. The number of anilines is 1. The number of rotatable bonds is 3. The molecule has 2 rings (SSSR count). The van der Waals surface area contributed by atoms with Crippen molar-refractivity contribution in [2.75, 3.05) is 25.0 Å². The average molecular weight is 190 g/mol. The highest BCUT2D eigenvalue weighted by Gasteiger charge is 2.33. The van der Waals surface area contributed by atoms with E-state index >= 15 is 0 Å². The standard InChI is InChI=1S/C12H18N2/c1-9-4-5-11(6-10(9)2)14-8-12(14)7-13-3/h4-6,12-13H,7-8H2,1-3H3. The summed E-state index contributed by atoms with van der Waals surface area (Å²) in [5.41, 5.74) is 4.13. The van der Waals surface area contributed by atoms with Gasteiger partial charge in [-0.1, -0.05) is 6.07 Å². The molecule has 0 spiro atoms. The fraction of sp³-hybridized carbons (Fsp3) is 0.500. The van der Waals surface area contributed by atoms with Crippen LogP contribution in [0.5, 0.6) is 0 Å². The quantitative estimate of drug-likeness (QED) is 0.730. The van der Waals surface area contributed by atoms with Crippen LogP contribution in [0.3, 0.4) is 0 Å². The predicted molar refractivity (Wildman–Crippen MR) is 61.0 cm³/mol. The molecule has 14 heavy (non-hydrogen) atoms. The third kappa shape index (κ3) is 1.75. The van der Waals surface area contributed by atoms with Crippen LogP contribution in [0.2, 0.25) is 0 Å². The van der Waals surface area contributed by atoms with Crippen molar-refractivity contribution >= 4 is 5.69 Å². The van der Waals surface area contributed by atoms with Crippen LogP contribution >= 0.6 is 0 Å². The minimum absolute atomic E-state index is 0.710. The Bertz CT molecular complexity index is 333. The minimum atomic E-state index is 0.710. The molecule has 1 saturated heterocycles. The van der Waals surface area contributed by atoms with E-state index in [0.29, 0.717) is 6.04 Å².